The van der Waals surface area contributed by atoms with Gasteiger partial charge in [0.2, 0.25) is 0 Å². The quantitative estimate of drug-likeness (QED) is 0.928. The van der Waals surface area contributed by atoms with Crippen molar-refractivity contribution in [2.75, 3.05) is 13.2 Å². The van der Waals surface area contributed by atoms with Gasteiger partial charge in [0.15, 0.2) is 0 Å². The lowest BCUT2D eigenvalue weighted by Gasteiger charge is -2.37. The van der Waals surface area contributed by atoms with Crippen molar-refractivity contribution >= 4 is 0 Å². The van der Waals surface area contributed by atoms with E-state index >= 15 is 0 Å². The van der Waals surface area contributed by atoms with E-state index in [1.165, 1.54) is 17.5 Å². The van der Waals surface area contributed by atoms with E-state index in [-0.39, 0.29) is 5.60 Å². The highest BCUT2D eigenvalue weighted by atomic mass is 16.5. The van der Waals surface area contributed by atoms with E-state index in [1.807, 2.05) is 0 Å². The van der Waals surface area contributed by atoms with Gasteiger partial charge in [-0.25, -0.2) is 0 Å². The Morgan fingerprint density at radius 2 is 2.14 bits per heavy atom. The third kappa shape index (κ3) is 3.09. The van der Waals surface area contributed by atoms with Crippen molar-refractivity contribution in [3.8, 4) is 5.75 Å². The van der Waals surface area contributed by atoms with Crippen LogP contribution in [0, 0.1) is 5.92 Å². The summed E-state index contributed by atoms with van der Waals surface area (Å²) in [5.74, 6) is 1.52. The first kappa shape index (κ1) is 14.9. The van der Waals surface area contributed by atoms with Gasteiger partial charge in [-0.2, -0.15) is 0 Å². The maximum absolute atomic E-state index is 9.43. The zero-order valence-electron chi connectivity index (χ0n) is 13.4. The van der Waals surface area contributed by atoms with Crippen LogP contribution in [-0.4, -0.2) is 34.8 Å². The van der Waals surface area contributed by atoms with Crippen molar-refractivity contribution in [3.05, 3.63) is 29.3 Å². The Kier molecular flexibility index (Phi) is 3.98. The number of aliphatic hydroxyl groups is 1. The molecule has 2 unspecified atom stereocenters. The number of piperidine rings is 1. The van der Waals surface area contributed by atoms with Gasteiger partial charge in [-0.3, -0.25) is 4.90 Å². The van der Waals surface area contributed by atoms with Crippen LogP contribution in [0.4, 0.5) is 0 Å². The molecule has 2 heterocycles. The summed E-state index contributed by atoms with van der Waals surface area (Å²) < 4.78 is 6.18. The molecule has 0 amide bonds. The van der Waals surface area contributed by atoms with E-state index in [1.54, 1.807) is 0 Å². The molecule has 1 aromatic rings. The van der Waals surface area contributed by atoms with Gasteiger partial charge in [-0.15, -0.1) is 0 Å². The Morgan fingerprint density at radius 1 is 1.33 bits per heavy atom. The summed E-state index contributed by atoms with van der Waals surface area (Å²) in [6, 6.07) is 7.11. The first-order chi connectivity index (χ1) is 9.98. The van der Waals surface area contributed by atoms with Crippen LogP contribution in [0.5, 0.6) is 5.75 Å². The molecule has 3 nitrogen and oxygen atoms in total. The summed E-state index contributed by atoms with van der Waals surface area (Å²) in [6.45, 7) is 8.83. The number of fused-ring (bicyclic) bond motifs is 1. The minimum Gasteiger partial charge on any atom is -0.487 e. The van der Waals surface area contributed by atoms with Crippen LogP contribution in [0.3, 0.4) is 0 Å². The Morgan fingerprint density at radius 3 is 2.90 bits per heavy atom. The number of likely N-dealkylation sites (tertiary alicyclic amines) is 1. The van der Waals surface area contributed by atoms with E-state index < -0.39 is 0 Å². The topological polar surface area (TPSA) is 32.7 Å². The number of ether oxygens (including phenoxy) is 1. The summed E-state index contributed by atoms with van der Waals surface area (Å²) in [6.07, 6.45) is 3.31. The highest BCUT2D eigenvalue weighted by Gasteiger charge is 2.33. The fraction of sp³-hybridized carbons (Fsp3) is 0.667. The van der Waals surface area contributed by atoms with Crippen LogP contribution in [0.2, 0.25) is 0 Å². The molecule has 21 heavy (non-hydrogen) atoms. The predicted molar refractivity (Wildman–Crippen MR) is 84.5 cm³/mol. The van der Waals surface area contributed by atoms with Crippen molar-refractivity contribution < 1.29 is 9.84 Å². The molecule has 1 saturated heterocycles. The minimum atomic E-state index is -0.0837. The molecule has 0 aromatic heterocycles. The minimum absolute atomic E-state index is 0.0837. The van der Waals surface area contributed by atoms with E-state index in [9.17, 15) is 5.11 Å². The highest BCUT2D eigenvalue weighted by molar-refractivity contribution is 5.45. The fourth-order valence-electron chi connectivity index (χ4n) is 3.65. The highest BCUT2D eigenvalue weighted by Crippen LogP contribution is 2.38. The Hall–Kier alpha value is -1.06. The summed E-state index contributed by atoms with van der Waals surface area (Å²) in [7, 11) is 0. The summed E-state index contributed by atoms with van der Waals surface area (Å²) >= 11 is 0. The summed E-state index contributed by atoms with van der Waals surface area (Å²) in [4.78, 5) is 2.49. The van der Waals surface area contributed by atoms with Gasteiger partial charge in [0, 0.05) is 37.7 Å². The van der Waals surface area contributed by atoms with Crippen molar-refractivity contribution in [1.82, 2.24) is 4.90 Å². The largest absolute Gasteiger partial charge is 0.487 e. The average molecular weight is 289 g/mol. The maximum atomic E-state index is 9.43. The van der Waals surface area contributed by atoms with Gasteiger partial charge in [-0.1, -0.05) is 18.2 Å². The van der Waals surface area contributed by atoms with Crippen molar-refractivity contribution in [2.45, 2.75) is 58.2 Å². The molecule has 1 fully saturated rings. The molecule has 3 rings (SSSR count). The zero-order chi connectivity index (χ0) is 15.0. The number of hydrogen-bond donors (Lipinski definition) is 1. The van der Waals surface area contributed by atoms with Gasteiger partial charge >= 0.3 is 0 Å². The number of rotatable bonds is 3. The van der Waals surface area contributed by atoms with Gasteiger partial charge in [0.05, 0.1) is 0 Å². The van der Waals surface area contributed by atoms with Crippen LogP contribution < -0.4 is 4.74 Å². The predicted octanol–water partition coefficient (Wildman–Crippen LogP) is 2.99. The first-order valence-electron chi connectivity index (χ1n) is 8.13. The van der Waals surface area contributed by atoms with Gasteiger partial charge < -0.3 is 9.84 Å². The third-order valence-corrected chi connectivity index (χ3v) is 4.91. The van der Waals surface area contributed by atoms with Crippen LogP contribution in [0.1, 0.15) is 44.7 Å². The average Bonchev–Trinajstić information content (AvgIpc) is 2.76. The number of benzene rings is 1. The first-order valence-corrected chi connectivity index (χ1v) is 8.13. The van der Waals surface area contributed by atoms with E-state index in [0.717, 1.165) is 31.7 Å². The fourth-order valence-corrected chi connectivity index (χ4v) is 3.65. The molecule has 3 heteroatoms. The molecular formula is C18H27NO2. The van der Waals surface area contributed by atoms with Gasteiger partial charge in [0.1, 0.15) is 11.4 Å². The van der Waals surface area contributed by atoms with Crippen molar-refractivity contribution in [3.63, 3.8) is 0 Å². The Balaban J connectivity index is 1.78. The summed E-state index contributed by atoms with van der Waals surface area (Å²) in [5.41, 5.74) is 2.55. The molecule has 2 aliphatic heterocycles. The van der Waals surface area contributed by atoms with Crippen molar-refractivity contribution in [2.24, 2.45) is 5.92 Å². The standard InChI is InChI=1S/C18H27NO2/c1-13-7-8-14(12-20)10-19(13)11-16-6-4-5-15-9-18(2,3)21-17(15)16/h4-6,13-14,20H,7-12H2,1-3H3. The molecule has 0 saturated carbocycles. The second kappa shape index (κ2) is 5.62. The molecule has 0 aliphatic carbocycles. The second-order valence-electron chi connectivity index (χ2n) is 7.35. The van der Waals surface area contributed by atoms with Crippen LogP contribution in [0.15, 0.2) is 18.2 Å². The lowest BCUT2D eigenvalue weighted by atomic mass is 9.93. The van der Waals surface area contributed by atoms with Crippen LogP contribution >= 0.6 is 0 Å². The van der Waals surface area contributed by atoms with Gasteiger partial charge in [-0.05, 0) is 45.1 Å². The van der Waals surface area contributed by atoms with Gasteiger partial charge in [0.25, 0.3) is 0 Å². The molecule has 2 atom stereocenters. The maximum Gasteiger partial charge on any atom is 0.127 e. The summed E-state index contributed by atoms with van der Waals surface area (Å²) in [5, 5.41) is 9.43. The van der Waals surface area contributed by atoms with Crippen molar-refractivity contribution in [1.29, 1.82) is 0 Å². The monoisotopic (exact) mass is 289 g/mol. The van der Waals surface area contributed by atoms with E-state index in [4.69, 9.17) is 4.74 Å². The van der Waals surface area contributed by atoms with E-state index in [2.05, 4.69) is 43.9 Å². The number of nitrogens with zero attached hydrogens (tertiary/aromatic N) is 1. The zero-order valence-corrected chi connectivity index (χ0v) is 13.4. The SMILES string of the molecule is CC1CCC(CO)CN1Cc1cccc2c1OC(C)(C)C2. The third-order valence-electron chi connectivity index (χ3n) is 4.91. The lowest BCUT2D eigenvalue weighted by Crippen LogP contribution is -2.42. The molecular weight excluding hydrogens is 262 g/mol. The smallest absolute Gasteiger partial charge is 0.127 e. The normalized spacial score (nSPS) is 28.2. The Labute approximate surface area is 127 Å². The number of para-hydroxylation sites is 1. The molecule has 0 bridgehead atoms. The molecule has 1 N–H and O–H groups in total. The number of aliphatic hydroxyl groups excluding tert-OH is 1. The van der Waals surface area contributed by atoms with Crippen LogP contribution in [-0.2, 0) is 13.0 Å². The van der Waals surface area contributed by atoms with Crippen LogP contribution in [0.25, 0.3) is 0 Å². The van der Waals surface area contributed by atoms with E-state index in [0.29, 0.717) is 18.6 Å². The Bertz CT molecular complexity index is 512. The molecule has 1 aromatic carbocycles. The second-order valence-corrected chi connectivity index (χ2v) is 7.35. The molecule has 0 spiro atoms. The molecule has 0 radical (unpaired) electrons. The number of hydrogen-bond acceptors (Lipinski definition) is 3. The lowest BCUT2D eigenvalue weighted by molar-refractivity contribution is 0.0750. The molecule has 116 valence electrons. The molecule has 2 aliphatic rings.